The minimum absolute atomic E-state index is 0.251. The molecule has 0 radical (unpaired) electrons. The van der Waals surface area contributed by atoms with Gasteiger partial charge in [0, 0.05) is 19.6 Å². The van der Waals surface area contributed by atoms with Gasteiger partial charge in [0.15, 0.2) is 0 Å². The van der Waals surface area contributed by atoms with Gasteiger partial charge in [-0.1, -0.05) is 13.8 Å². The summed E-state index contributed by atoms with van der Waals surface area (Å²) in [4.78, 5) is 10.8. The summed E-state index contributed by atoms with van der Waals surface area (Å²) in [5, 5.41) is 8.90. The van der Waals surface area contributed by atoms with Gasteiger partial charge in [-0.15, -0.1) is 0 Å². The molecule has 7 heteroatoms. The van der Waals surface area contributed by atoms with Crippen LogP contribution in [0.3, 0.4) is 0 Å². The smallest absolute Gasteiger partial charge is 0.306 e. The van der Waals surface area contributed by atoms with Gasteiger partial charge in [-0.05, 0) is 31.6 Å². The van der Waals surface area contributed by atoms with Crippen LogP contribution in [0.4, 0.5) is 0 Å². The van der Waals surface area contributed by atoms with Gasteiger partial charge >= 0.3 is 5.97 Å². The number of rotatable bonds is 7. The lowest BCUT2D eigenvalue weighted by atomic mass is 9.82. The van der Waals surface area contributed by atoms with Crippen molar-refractivity contribution in [2.45, 2.75) is 39.5 Å². The van der Waals surface area contributed by atoms with Crippen molar-refractivity contribution in [3.8, 4) is 0 Å². The highest BCUT2D eigenvalue weighted by Crippen LogP contribution is 2.28. The van der Waals surface area contributed by atoms with Gasteiger partial charge in [-0.2, -0.15) is 12.7 Å². The molecule has 0 amide bonds. The maximum Gasteiger partial charge on any atom is 0.306 e. The summed E-state index contributed by atoms with van der Waals surface area (Å²) < 4.78 is 27.9. The Hall–Kier alpha value is -0.660. The maximum absolute atomic E-state index is 11.9. The molecule has 0 aliphatic heterocycles. The predicted octanol–water partition coefficient (Wildman–Crippen LogP) is 1.05. The van der Waals surface area contributed by atoms with E-state index in [0.717, 1.165) is 12.8 Å². The second kappa shape index (κ2) is 7.21. The number of hydrogen-bond donors (Lipinski definition) is 2. The monoisotopic (exact) mass is 292 g/mol. The van der Waals surface area contributed by atoms with Crippen LogP contribution in [0, 0.1) is 11.8 Å². The summed E-state index contributed by atoms with van der Waals surface area (Å²) >= 11 is 0. The molecule has 0 unspecified atom stereocenters. The van der Waals surface area contributed by atoms with Crippen LogP contribution in [0.1, 0.15) is 39.5 Å². The maximum atomic E-state index is 11.9. The zero-order valence-corrected chi connectivity index (χ0v) is 12.4. The third-order valence-electron chi connectivity index (χ3n) is 3.80. The Morgan fingerprint density at radius 3 is 2.16 bits per heavy atom. The molecule has 0 spiro atoms. The van der Waals surface area contributed by atoms with Gasteiger partial charge in [0.2, 0.25) is 0 Å². The van der Waals surface area contributed by atoms with Crippen LogP contribution in [0.2, 0.25) is 0 Å². The second-order valence-corrected chi connectivity index (χ2v) is 6.75. The fraction of sp³-hybridized carbons (Fsp3) is 0.917. The Labute approximate surface area is 115 Å². The lowest BCUT2D eigenvalue weighted by molar-refractivity contribution is -0.143. The van der Waals surface area contributed by atoms with E-state index in [1.54, 1.807) is 13.8 Å². The molecule has 0 heterocycles. The molecule has 1 aliphatic rings. The van der Waals surface area contributed by atoms with E-state index >= 15 is 0 Å². The molecule has 1 saturated carbocycles. The summed E-state index contributed by atoms with van der Waals surface area (Å²) in [6.45, 7) is 4.93. The van der Waals surface area contributed by atoms with Crippen LogP contribution >= 0.6 is 0 Å². The van der Waals surface area contributed by atoms with Gasteiger partial charge in [-0.3, -0.25) is 4.79 Å². The lowest BCUT2D eigenvalue weighted by Crippen LogP contribution is -2.42. The molecule has 1 aliphatic carbocycles. The Morgan fingerprint density at radius 2 is 1.74 bits per heavy atom. The van der Waals surface area contributed by atoms with Crippen LogP contribution in [0.25, 0.3) is 0 Å². The van der Waals surface area contributed by atoms with Gasteiger partial charge < -0.3 is 5.11 Å². The standard InChI is InChI=1S/C12H24N2O4S/c1-3-14(4-2)19(17,18)13-9-10-5-7-11(8-6-10)12(15)16/h10-11,13H,3-9H2,1-2H3,(H,15,16)/t10-,11-. The van der Waals surface area contributed by atoms with Crippen molar-refractivity contribution in [3.05, 3.63) is 0 Å². The van der Waals surface area contributed by atoms with Crippen LogP contribution in [0.5, 0.6) is 0 Å². The van der Waals surface area contributed by atoms with Crippen LogP contribution < -0.4 is 4.72 Å². The van der Waals surface area contributed by atoms with E-state index in [4.69, 9.17) is 5.11 Å². The summed E-state index contributed by atoms with van der Waals surface area (Å²) in [5.41, 5.74) is 0. The third-order valence-corrected chi connectivity index (χ3v) is 5.52. The zero-order valence-electron chi connectivity index (χ0n) is 11.6. The highest BCUT2D eigenvalue weighted by molar-refractivity contribution is 7.87. The quantitative estimate of drug-likeness (QED) is 0.734. The van der Waals surface area contributed by atoms with E-state index in [1.165, 1.54) is 4.31 Å². The van der Waals surface area contributed by atoms with Crippen LogP contribution in [-0.2, 0) is 15.0 Å². The van der Waals surface area contributed by atoms with E-state index in [9.17, 15) is 13.2 Å². The minimum Gasteiger partial charge on any atom is -0.481 e. The first-order valence-electron chi connectivity index (χ1n) is 6.88. The van der Waals surface area contributed by atoms with E-state index in [-0.39, 0.29) is 11.8 Å². The first-order chi connectivity index (χ1) is 8.90. The average molecular weight is 292 g/mol. The SMILES string of the molecule is CCN(CC)S(=O)(=O)NC[C@H]1CC[C@H](C(=O)O)CC1. The summed E-state index contributed by atoms with van der Waals surface area (Å²) in [6.07, 6.45) is 2.84. The van der Waals surface area contributed by atoms with Crippen LogP contribution in [-0.4, -0.2) is 43.4 Å². The highest BCUT2D eigenvalue weighted by atomic mass is 32.2. The van der Waals surface area contributed by atoms with Gasteiger partial charge in [0.25, 0.3) is 10.2 Å². The summed E-state index contributed by atoms with van der Waals surface area (Å²) in [7, 11) is -3.38. The third kappa shape index (κ3) is 4.74. The van der Waals surface area contributed by atoms with Crippen molar-refractivity contribution >= 4 is 16.2 Å². The molecule has 0 saturated heterocycles. The zero-order chi connectivity index (χ0) is 14.5. The number of nitrogens with one attached hydrogen (secondary N) is 1. The fourth-order valence-electron chi connectivity index (χ4n) is 2.49. The van der Waals surface area contributed by atoms with Gasteiger partial charge in [0.1, 0.15) is 0 Å². The number of carboxylic acid groups (broad SMARTS) is 1. The molecule has 0 aromatic rings. The molecular weight excluding hydrogens is 268 g/mol. The highest BCUT2D eigenvalue weighted by Gasteiger charge is 2.27. The average Bonchev–Trinajstić information content (AvgIpc) is 2.38. The molecule has 0 bridgehead atoms. The molecule has 2 N–H and O–H groups in total. The fourth-order valence-corrected chi connectivity index (χ4v) is 3.80. The Morgan fingerprint density at radius 1 is 1.21 bits per heavy atom. The molecule has 1 fully saturated rings. The van der Waals surface area contributed by atoms with Crippen molar-refractivity contribution in [2.24, 2.45) is 11.8 Å². The van der Waals surface area contributed by atoms with Crippen molar-refractivity contribution in [2.75, 3.05) is 19.6 Å². The van der Waals surface area contributed by atoms with Crippen molar-refractivity contribution in [3.63, 3.8) is 0 Å². The molecule has 6 nitrogen and oxygen atoms in total. The van der Waals surface area contributed by atoms with Crippen molar-refractivity contribution in [1.29, 1.82) is 0 Å². The minimum atomic E-state index is -3.38. The topological polar surface area (TPSA) is 86.7 Å². The molecule has 0 aromatic heterocycles. The summed E-state index contributed by atoms with van der Waals surface area (Å²) in [5.74, 6) is -0.737. The predicted molar refractivity (Wildman–Crippen MR) is 72.9 cm³/mol. The van der Waals surface area contributed by atoms with E-state index in [1.807, 2.05) is 0 Å². The molecule has 112 valence electrons. The largest absolute Gasteiger partial charge is 0.481 e. The molecule has 0 atom stereocenters. The van der Waals surface area contributed by atoms with Crippen molar-refractivity contribution < 1.29 is 18.3 Å². The normalized spacial score (nSPS) is 24.6. The second-order valence-electron chi connectivity index (χ2n) is 4.99. The molecular formula is C12H24N2O4S. The van der Waals surface area contributed by atoms with E-state index in [2.05, 4.69) is 4.72 Å². The van der Waals surface area contributed by atoms with Gasteiger partial charge in [-0.25, -0.2) is 4.72 Å². The number of hydrogen-bond acceptors (Lipinski definition) is 3. The number of aliphatic carboxylic acids is 1. The van der Waals surface area contributed by atoms with Crippen LogP contribution in [0.15, 0.2) is 0 Å². The van der Waals surface area contributed by atoms with Gasteiger partial charge in [0.05, 0.1) is 5.92 Å². The van der Waals surface area contributed by atoms with Crippen molar-refractivity contribution in [1.82, 2.24) is 9.03 Å². The molecule has 1 rings (SSSR count). The Balaban J connectivity index is 2.40. The first-order valence-corrected chi connectivity index (χ1v) is 8.32. The van der Waals surface area contributed by atoms with E-state index < -0.39 is 16.2 Å². The number of carbonyl (C=O) groups is 1. The first kappa shape index (κ1) is 16.4. The Bertz CT molecular complexity index is 385. The number of nitrogens with zero attached hydrogens (tertiary/aromatic N) is 1. The molecule has 0 aromatic carbocycles. The number of carboxylic acids is 1. The lowest BCUT2D eigenvalue weighted by Gasteiger charge is -2.27. The van der Waals surface area contributed by atoms with E-state index in [0.29, 0.717) is 32.5 Å². The molecule has 19 heavy (non-hydrogen) atoms. The summed E-state index contributed by atoms with van der Waals surface area (Å²) in [6, 6.07) is 0. The Kier molecular flexibility index (Phi) is 6.22.